The molecule has 8 heteroatoms. The Balaban J connectivity index is 2.77. The van der Waals surface area contributed by atoms with E-state index in [1.807, 2.05) is 0 Å². The Morgan fingerprint density at radius 2 is 2.38 bits per heavy atom. The highest BCUT2D eigenvalue weighted by Gasteiger charge is 2.23. The highest BCUT2D eigenvalue weighted by atomic mass is 16.6. The molecule has 3 N–H and O–H groups in total. The van der Waals surface area contributed by atoms with E-state index < -0.39 is 17.1 Å². The SMILES string of the molecule is Cn1cc([N+](=O)[O-])c(NCC(C)(O)CO)n1. The minimum atomic E-state index is -1.34. The molecule has 0 spiro atoms. The predicted molar refractivity (Wildman–Crippen MR) is 56.1 cm³/mol. The molecule has 1 atom stereocenters. The lowest BCUT2D eigenvalue weighted by Gasteiger charge is -2.20. The van der Waals surface area contributed by atoms with E-state index in [4.69, 9.17) is 5.11 Å². The Hall–Kier alpha value is -1.67. The van der Waals surface area contributed by atoms with Crippen LogP contribution in [0.15, 0.2) is 6.20 Å². The molecule has 1 unspecified atom stereocenters. The molecule has 1 rings (SSSR count). The third-order valence-electron chi connectivity index (χ3n) is 1.98. The standard InChI is InChI=1S/C8H14N4O4/c1-8(14,5-13)4-9-7-6(12(15)16)3-11(2)10-7/h3,13-14H,4-5H2,1-2H3,(H,9,10). The summed E-state index contributed by atoms with van der Waals surface area (Å²) in [5.74, 6) is 0.0706. The molecule has 0 fully saturated rings. The maximum absolute atomic E-state index is 10.6. The van der Waals surface area contributed by atoms with Gasteiger partial charge in [-0.3, -0.25) is 14.8 Å². The van der Waals surface area contributed by atoms with Crippen molar-refractivity contribution < 1.29 is 15.1 Å². The highest BCUT2D eigenvalue weighted by Crippen LogP contribution is 2.21. The van der Waals surface area contributed by atoms with E-state index in [1.165, 1.54) is 17.8 Å². The van der Waals surface area contributed by atoms with Gasteiger partial charge in [-0.2, -0.15) is 0 Å². The summed E-state index contributed by atoms with van der Waals surface area (Å²) in [5, 5.41) is 35.4. The second kappa shape index (κ2) is 4.45. The summed E-state index contributed by atoms with van der Waals surface area (Å²) in [5.41, 5.74) is -1.51. The van der Waals surface area contributed by atoms with E-state index in [9.17, 15) is 15.2 Å². The fourth-order valence-corrected chi connectivity index (χ4v) is 1.07. The largest absolute Gasteiger partial charge is 0.393 e. The quantitative estimate of drug-likeness (QED) is 0.463. The number of rotatable bonds is 5. The van der Waals surface area contributed by atoms with Gasteiger partial charge in [0.15, 0.2) is 0 Å². The van der Waals surface area contributed by atoms with Crippen molar-refractivity contribution in [1.29, 1.82) is 0 Å². The zero-order chi connectivity index (χ0) is 12.3. The molecule has 0 aromatic carbocycles. The summed E-state index contributed by atoms with van der Waals surface area (Å²) in [4.78, 5) is 10.1. The van der Waals surface area contributed by atoms with Crippen LogP contribution < -0.4 is 5.32 Å². The van der Waals surface area contributed by atoms with E-state index in [2.05, 4.69) is 10.4 Å². The molecule has 1 aromatic rings. The number of nitrogens with zero attached hydrogens (tertiary/aromatic N) is 3. The fourth-order valence-electron chi connectivity index (χ4n) is 1.07. The molecular weight excluding hydrogens is 216 g/mol. The first-order chi connectivity index (χ1) is 7.35. The van der Waals surface area contributed by atoms with Crippen LogP contribution in [0.5, 0.6) is 0 Å². The molecule has 1 aromatic heterocycles. The lowest BCUT2D eigenvalue weighted by Crippen LogP contribution is -2.37. The molecule has 16 heavy (non-hydrogen) atoms. The zero-order valence-corrected chi connectivity index (χ0v) is 9.04. The molecule has 0 saturated carbocycles. The maximum atomic E-state index is 10.6. The lowest BCUT2D eigenvalue weighted by molar-refractivity contribution is -0.384. The molecule has 8 nitrogen and oxygen atoms in total. The third kappa shape index (κ3) is 2.91. The molecule has 1 heterocycles. The van der Waals surface area contributed by atoms with Crippen LogP contribution in [-0.4, -0.2) is 43.7 Å². The number of aliphatic hydroxyl groups is 2. The van der Waals surface area contributed by atoms with E-state index >= 15 is 0 Å². The Morgan fingerprint density at radius 1 is 1.75 bits per heavy atom. The zero-order valence-electron chi connectivity index (χ0n) is 9.04. The van der Waals surface area contributed by atoms with Crippen LogP contribution in [0.2, 0.25) is 0 Å². The minimum absolute atomic E-state index is 0.0264. The molecule has 0 aliphatic carbocycles. The summed E-state index contributed by atoms with van der Waals surface area (Å²) in [7, 11) is 1.56. The summed E-state index contributed by atoms with van der Waals surface area (Å²) in [6.07, 6.45) is 1.26. The fraction of sp³-hybridized carbons (Fsp3) is 0.625. The normalized spacial score (nSPS) is 14.5. The van der Waals surface area contributed by atoms with Crippen LogP contribution >= 0.6 is 0 Å². The van der Waals surface area contributed by atoms with Gasteiger partial charge in [0.1, 0.15) is 11.8 Å². The smallest absolute Gasteiger partial charge is 0.330 e. The minimum Gasteiger partial charge on any atom is -0.393 e. The molecule has 0 bridgehead atoms. The first-order valence-corrected chi connectivity index (χ1v) is 4.61. The van der Waals surface area contributed by atoms with Crippen molar-refractivity contribution in [1.82, 2.24) is 9.78 Å². The molecule has 0 aliphatic rings. The van der Waals surface area contributed by atoms with Crippen LogP contribution in [-0.2, 0) is 7.05 Å². The molecule has 0 saturated heterocycles. The van der Waals surface area contributed by atoms with E-state index in [-0.39, 0.29) is 18.1 Å². The first kappa shape index (κ1) is 12.4. The maximum Gasteiger partial charge on any atom is 0.330 e. The van der Waals surface area contributed by atoms with Gasteiger partial charge in [-0.05, 0) is 6.92 Å². The summed E-state index contributed by atoms with van der Waals surface area (Å²) < 4.78 is 1.30. The Bertz CT molecular complexity index is 387. The van der Waals surface area contributed by atoms with Crippen LogP contribution in [0.3, 0.4) is 0 Å². The molecule has 0 amide bonds. The van der Waals surface area contributed by atoms with Gasteiger partial charge in [0.25, 0.3) is 0 Å². The molecular formula is C8H14N4O4. The highest BCUT2D eigenvalue weighted by molar-refractivity contribution is 5.54. The number of hydrogen-bond acceptors (Lipinski definition) is 6. The second-order valence-corrected chi connectivity index (χ2v) is 3.80. The average molecular weight is 230 g/mol. The topological polar surface area (TPSA) is 113 Å². The van der Waals surface area contributed by atoms with Gasteiger partial charge in [0.2, 0.25) is 5.82 Å². The number of nitro groups is 1. The number of aliphatic hydroxyl groups excluding tert-OH is 1. The van der Waals surface area contributed by atoms with Gasteiger partial charge in [-0.15, -0.1) is 5.10 Å². The summed E-state index contributed by atoms with van der Waals surface area (Å²) >= 11 is 0. The molecule has 90 valence electrons. The van der Waals surface area contributed by atoms with Gasteiger partial charge in [0.05, 0.1) is 11.5 Å². The summed E-state index contributed by atoms with van der Waals surface area (Å²) in [6, 6.07) is 0. The van der Waals surface area contributed by atoms with Gasteiger partial charge in [0, 0.05) is 13.6 Å². The van der Waals surface area contributed by atoms with Crippen LogP contribution in [0, 0.1) is 10.1 Å². The van der Waals surface area contributed by atoms with Crippen molar-refractivity contribution in [3.8, 4) is 0 Å². The van der Waals surface area contributed by atoms with E-state index in [0.29, 0.717) is 0 Å². The predicted octanol–water partition coefficient (Wildman–Crippen LogP) is -0.517. The van der Waals surface area contributed by atoms with Gasteiger partial charge in [-0.25, -0.2) is 0 Å². The number of aromatic nitrogens is 2. The van der Waals surface area contributed by atoms with Crippen LogP contribution in [0.25, 0.3) is 0 Å². The third-order valence-corrected chi connectivity index (χ3v) is 1.98. The number of anilines is 1. The van der Waals surface area contributed by atoms with Crippen LogP contribution in [0.4, 0.5) is 11.5 Å². The lowest BCUT2D eigenvalue weighted by atomic mass is 10.1. The average Bonchev–Trinajstić information content (AvgIpc) is 2.57. The summed E-state index contributed by atoms with van der Waals surface area (Å²) in [6.45, 7) is 0.941. The Kier molecular flexibility index (Phi) is 3.45. The van der Waals surface area contributed by atoms with Crippen LogP contribution in [0.1, 0.15) is 6.92 Å². The van der Waals surface area contributed by atoms with E-state index in [1.54, 1.807) is 7.05 Å². The second-order valence-electron chi connectivity index (χ2n) is 3.80. The van der Waals surface area contributed by atoms with Gasteiger partial charge in [-0.1, -0.05) is 0 Å². The monoisotopic (exact) mass is 230 g/mol. The molecule has 0 radical (unpaired) electrons. The number of nitrogens with one attached hydrogen (secondary N) is 1. The van der Waals surface area contributed by atoms with Gasteiger partial charge >= 0.3 is 5.69 Å². The Morgan fingerprint density at radius 3 is 2.88 bits per heavy atom. The van der Waals surface area contributed by atoms with Gasteiger partial charge < -0.3 is 15.5 Å². The van der Waals surface area contributed by atoms with Crippen molar-refractivity contribution in [2.45, 2.75) is 12.5 Å². The first-order valence-electron chi connectivity index (χ1n) is 4.61. The Labute approximate surface area is 91.7 Å². The van der Waals surface area contributed by atoms with Crippen molar-refractivity contribution in [2.24, 2.45) is 7.05 Å². The van der Waals surface area contributed by atoms with Crippen molar-refractivity contribution in [3.05, 3.63) is 16.3 Å². The van der Waals surface area contributed by atoms with Crippen molar-refractivity contribution in [3.63, 3.8) is 0 Å². The van der Waals surface area contributed by atoms with E-state index in [0.717, 1.165) is 0 Å². The van der Waals surface area contributed by atoms with Crippen molar-refractivity contribution in [2.75, 3.05) is 18.5 Å². The number of aryl methyl sites for hydroxylation is 1. The van der Waals surface area contributed by atoms with Crippen molar-refractivity contribution >= 4 is 11.5 Å². The molecule has 0 aliphatic heterocycles. The number of hydrogen-bond donors (Lipinski definition) is 3.